The molecule has 5 heteroatoms. The standard InChI is InChI=1S/C16H24FN3O/c1-11(2)8-19-9-12-4-3-5-14(17)15(12)20-7-6-13(10-20)16(18)21/h3-5,11,13,19H,6-10H2,1-2H3,(H2,18,21). The number of para-hydroxylation sites is 1. The number of nitrogens with one attached hydrogen (secondary N) is 1. The van der Waals surface area contributed by atoms with Gasteiger partial charge in [-0.3, -0.25) is 4.79 Å². The number of nitrogens with zero attached hydrogens (tertiary/aromatic N) is 1. The Bertz CT molecular complexity index is 504. The quantitative estimate of drug-likeness (QED) is 0.842. The number of hydrogen-bond donors (Lipinski definition) is 2. The number of benzene rings is 1. The van der Waals surface area contributed by atoms with Gasteiger partial charge in [0.05, 0.1) is 11.6 Å². The van der Waals surface area contributed by atoms with Crippen molar-refractivity contribution in [1.82, 2.24) is 5.32 Å². The van der Waals surface area contributed by atoms with Gasteiger partial charge in [-0.2, -0.15) is 0 Å². The van der Waals surface area contributed by atoms with Crippen molar-refractivity contribution in [3.05, 3.63) is 29.6 Å². The number of anilines is 1. The molecule has 1 amide bonds. The van der Waals surface area contributed by atoms with Gasteiger partial charge in [0, 0.05) is 19.6 Å². The van der Waals surface area contributed by atoms with Gasteiger partial charge in [-0.15, -0.1) is 0 Å². The Morgan fingerprint density at radius 2 is 2.29 bits per heavy atom. The highest BCUT2D eigenvalue weighted by atomic mass is 19.1. The fourth-order valence-electron chi connectivity index (χ4n) is 2.75. The Morgan fingerprint density at radius 3 is 2.90 bits per heavy atom. The second-order valence-electron chi connectivity index (χ2n) is 6.11. The normalized spacial score (nSPS) is 18.5. The molecule has 1 aliphatic rings. The predicted octanol–water partition coefficient (Wildman–Crippen LogP) is 1.88. The van der Waals surface area contributed by atoms with Gasteiger partial charge in [0.1, 0.15) is 5.82 Å². The van der Waals surface area contributed by atoms with E-state index in [1.807, 2.05) is 11.0 Å². The van der Waals surface area contributed by atoms with Crippen LogP contribution in [0.15, 0.2) is 18.2 Å². The van der Waals surface area contributed by atoms with Crippen molar-refractivity contribution in [3.8, 4) is 0 Å². The molecule has 4 nitrogen and oxygen atoms in total. The van der Waals surface area contributed by atoms with Crippen molar-refractivity contribution >= 4 is 11.6 Å². The number of amides is 1. The third-order valence-electron chi connectivity index (χ3n) is 3.85. The second kappa shape index (κ2) is 6.89. The van der Waals surface area contributed by atoms with Gasteiger partial charge in [-0.25, -0.2) is 4.39 Å². The monoisotopic (exact) mass is 293 g/mol. The van der Waals surface area contributed by atoms with Gasteiger partial charge >= 0.3 is 0 Å². The highest BCUT2D eigenvalue weighted by molar-refractivity contribution is 5.78. The molecule has 0 aliphatic carbocycles. The highest BCUT2D eigenvalue weighted by Crippen LogP contribution is 2.29. The summed E-state index contributed by atoms with van der Waals surface area (Å²) in [7, 11) is 0. The molecular weight excluding hydrogens is 269 g/mol. The third-order valence-corrected chi connectivity index (χ3v) is 3.85. The highest BCUT2D eigenvalue weighted by Gasteiger charge is 2.29. The molecule has 1 saturated heterocycles. The molecule has 1 atom stereocenters. The van der Waals surface area contributed by atoms with Crippen LogP contribution in [0.4, 0.5) is 10.1 Å². The largest absolute Gasteiger partial charge is 0.369 e. The molecule has 3 N–H and O–H groups in total. The summed E-state index contributed by atoms with van der Waals surface area (Å²) in [5, 5.41) is 3.34. The van der Waals surface area contributed by atoms with E-state index in [0.717, 1.165) is 12.1 Å². The van der Waals surface area contributed by atoms with E-state index in [2.05, 4.69) is 19.2 Å². The van der Waals surface area contributed by atoms with Crippen molar-refractivity contribution in [3.63, 3.8) is 0 Å². The number of primary amides is 1. The SMILES string of the molecule is CC(C)CNCc1cccc(F)c1N1CCC(C(N)=O)C1. The van der Waals surface area contributed by atoms with Crippen molar-refractivity contribution < 1.29 is 9.18 Å². The average Bonchev–Trinajstić information content (AvgIpc) is 2.88. The van der Waals surface area contributed by atoms with Crippen LogP contribution in [-0.2, 0) is 11.3 Å². The van der Waals surface area contributed by atoms with Crippen molar-refractivity contribution in [2.45, 2.75) is 26.8 Å². The summed E-state index contributed by atoms with van der Waals surface area (Å²) in [6, 6.07) is 5.13. The van der Waals surface area contributed by atoms with Gasteiger partial charge in [0.25, 0.3) is 0 Å². The third kappa shape index (κ3) is 3.94. The molecule has 2 rings (SSSR count). The number of nitrogens with two attached hydrogens (primary N) is 1. The Labute approximate surface area is 125 Å². The summed E-state index contributed by atoms with van der Waals surface area (Å²) in [6.07, 6.45) is 0.697. The first-order chi connectivity index (χ1) is 9.99. The van der Waals surface area contributed by atoms with E-state index in [0.29, 0.717) is 37.7 Å². The summed E-state index contributed by atoms with van der Waals surface area (Å²) < 4.78 is 14.2. The van der Waals surface area contributed by atoms with Crippen LogP contribution in [0.5, 0.6) is 0 Å². The lowest BCUT2D eigenvalue weighted by molar-refractivity contribution is -0.121. The zero-order valence-electron chi connectivity index (χ0n) is 12.7. The summed E-state index contributed by atoms with van der Waals surface area (Å²) >= 11 is 0. The molecule has 0 aromatic heterocycles. The lowest BCUT2D eigenvalue weighted by Crippen LogP contribution is -2.29. The number of halogens is 1. The lowest BCUT2D eigenvalue weighted by atomic mass is 10.1. The molecule has 0 bridgehead atoms. The Hall–Kier alpha value is -1.62. The predicted molar refractivity (Wildman–Crippen MR) is 82.5 cm³/mol. The fraction of sp³-hybridized carbons (Fsp3) is 0.562. The van der Waals surface area contributed by atoms with E-state index in [4.69, 9.17) is 5.73 Å². The van der Waals surface area contributed by atoms with Crippen molar-refractivity contribution in [2.24, 2.45) is 17.6 Å². The fourth-order valence-corrected chi connectivity index (χ4v) is 2.75. The molecule has 0 spiro atoms. The first-order valence-corrected chi connectivity index (χ1v) is 7.51. The van der Waals surface area contributed by atoms with E-state index in [-0.39, 0.29) is 17.6 Å². The van der Waals surface area contributed by atoms with Crippen LogP contribution in [0.1, 0.15) is 25.8 Å². The molecule has 1 aromatic rings. The van der Waals surface area contributed by atoms with Crippen LogP contribution in [0.2, 0.25) is 0 Å². The minimum atomic E-state index is -0.298. The summed E-state index contributed by atoms with van der Waals surface area (Å²) in [5.74, 6) is -0.161. The lowest BCUT2D eigenvalue weighted by Gasteiger charge is -2.23. The van der Waals surface area contributed by atoms with Crippen LogP contribution in [0, 0.1) is 17.7 Å². The molecule has 116 valence electrons. The molecule has 1 fully saturated rings. The topological polar surface area (TPSA) is 58.4 Å². The molecule has 1 heterocycles. The molecule has 1 unspecified atom stereocenters. The van der Waals surface area contributed by atoms with Crippen LogP contribution in [0.25, 0.3) is 0 Å². The van der Waals surface area contributed by atoms with Gasteiger partial charge < -0.3 is 16.0 Å². The van der Waals surface area contributed by atoms with E-state index >= 15 is 0 Å². The van der Waals surface area contributed by atoms with Gasteiger partial charge in [0.15, 0.2) is 0 Å². The van der Waals surface area contributed by atoms with Gasteiger partial charge in [-0.1, -0.05) is 26.0 Å². The molecule has 21 heavy (non-hydrogen) atoms. The summed E-state index contributed by atoms with van der Waals surface area (Å²) in [5.41, 5.74) is 6.90. The summed E-state index contributed by atoms with van der Waals surface area (Å²) in [4.78, 5) is 13.2. The second-order valence-corrected chi connectivity index (χ2v) is 6.11. The number of hydrogen-bond acceptors (Lipinski definition) is 3. The smallest absolute Gasteiger partial charge is 0.222 e. The first kappa shape index (κ1) is 15.8. The van der Waals surface area contributed by atoms with E-state index in [1.165, 1.54) is 6.07 Å². The molecule has 1 aliphatic heterocycles. The minimum absolute atomic E-state index is 0.180. The molecular formula is C16H24FN3O. The first-order valence-electron chi connectivity index (χ1n) is 7.51. The van der Waals surface area contributed by atoms with Crippen LogP contribution in [0.3, 0.4) is 0 Å². The van der Waals surface area contributed by atoms with Crippen molar-refractivity contribution in [1.29, 1.82) is 0 Å². The van der Waals surface area contributed by atoms with Crippen LogP contribution < -0.4 is 16.0 Å². The number of rotatable bonds is 6. The molecule has 0 saturated carbocycles. The maximum Gasteiger partial charge on any atom is 0.222 e. The number of carbonyl (C=O) groups is 1. The van der Waals surface area contributed by atoms with E-state index < -0.39 is 0 Å². The zero-order chi connectivity index (χ0) is 15.4. The average molecular weight is 293 g/mol. The van der Waals surface area contributed by atoms with Crippen LogP contribution >= 0.6 is 0 Å². The summed E-state index contributed by atoms with van der Waals surface area (Å²) in [6.45, 7) is 6.97. The molecule has 0 radical (unpaired) electrons. The zero-order valence-corrected chi connectivity index (χ0v) is 12.7. The Kier molecular flexibility index (Phi) is 5.17. The van der Waals surface area contributed by atoms with E-state index in [1.54, 1.807) is 6.07 Å². The maximum absolute atomic E-state index is 14.2. The van der Waals surface area contributed by atoms with Gasteiger partial charge in [0.2, 0.25) is 5.91 Å². The van der Waals surface area contributed by atoms with Crippen molar-refractivity contribution in [2.75, 3.05) is 24.5 Å². The van der Waals surface area contributed by atoms with E-state index in [9.17, 15) is 9.18 Å². The minimum Gasteiger partial charge on any atom is -0.369 e. The Morgan fingerprint density at radius 1 is 1.52 bits per heavy atom. The van der Waals surface area contributed by atoms with Crippen LogP contribution in [-0.4, -0.2) is 25.5 Å². The maximum atomic E-state index is 14.2. The van der Waals surface area contributed by atoms with Gasteiger partial charge in [-0.05, 0) is 30.5 Å². The molecule has 1 aromatic carbocycles. The Balaban J connectivity index is 2.12. The number of carbonyl (C=O) groups excluding carboxylic acids is 1.